The molecule has 2 aliphatic heterocycles. The number of nitrogens with one attached hydrogen (secondary N) is 2. The molecule has 2 aliphatic rings. The second kappa shape index (κ2) is 17.2. The third kappa shape index (κ3) is 7.67. The fraction of sp³-hybridized carbons (Fsp3) is 0.148. The lowest BCUT2D eigenvalue weighted by atomic mass is 9.92. The molecule has 8 bridgehead atoms. The van der Waals surface area contributed by atoms with Crippen molar-refractivity contribution in [3.8, 4) is 22.3 Å². The summed E-state index contributed by atoms with van der Waals surface area (Å²) < 4.78 is 10.2. The Morgan fingerprint density at radius 1 is 0.484 bits per heavy atom. The number of hydrogen-bond acceptors (Lipinski definition) is 6. The van der Waals surface area contributed by atoms with E-state index in [1.165, 1.54) is 14.2 Å². The summed E-state index contributed by atoms with van der Waals surface area (Å²) in [5, 5.41) is 0. The second-order valence-corrected chi connectivity index (χ2v) is 15.6. The van der Waals surface area contributed by atoms with Gasteiger partial charge in [0.2, 0.25) is 0 Å². The van der Waals surface area contributed by atoms with Crippen molar-refractivity contribution in [3.05, 3.63) is 191 Å². The Morgan fingerprint density at radius 3 is 1.39 bits per heavy atom. The second-order valence-electron chi connectivity index (χ2n) is 15.6. The topological polar surface area (TPSA) is 110 Å². The number of methoxy groups -OCH3 is 2. The van der Waals surface area contributed by atoms with E-state index in [9.17, 15) is 9.59 Å². The first-order valence-electron chi connectivity index (χ1n) is 20.9. The zero-order chi connectivity index (χ0) is 42.7. The zero-order valence-electron chi connectivity index (χ0n) is 35.2. The fourth-order valence-electron chi connectivity index (χ4n) is 8.74. The minimum Gasteiger partial charge on any atom is -0.469 e. The molecule has 7 aromatic rings. The first kappa shape index (κ1) is 39.9. The van der Waals surface area contributed by atoms with Crippen LogP contribution in [0.15, 0.2) is 146 Å². The van der Waals surface area contributed by atoms with E-state index >= 15 is 0 Å². The van der Waals surface area contributed by atoms with Gasteiger partial charge in [-0.1, -0.05) is 121 Å². The highest BCUT2D eigenvalue weighted by Gasteiger charge is 2.26. The normalized spacial score (nSPS) is 12.5. The molecule has 8 nitrogen and oxygen atoms in total. The van der Waals surface area contributed by atoms with Crippen molar-refractivity contribution >= 4 is 56.3 Å². The smallest absolute Gasteiger partial charge is 0.305 e. The van der Waals surface area contributed by atoms with Crippen LogP contribution in [0, 0.1) is 6.92 Å². The molecule has 0 aliphatic carbocycles. The van der Waals surface area contributed by atoms with Crippen molar-refractivity contribution in [1.29, 1.82) is 0 Å². The third-order valence-electron chi connectivity index (χ3n) is 11.9. The van der Waals surface area contributed by atoms with Gasteiger partial charge in [-0.2, -0.15) is 0 Å². The van der Waals surface area contributed by atoms with Gasteiger partial charge in [-0.3, -0.25) is 9.59 Å². The molecule has 306 valence electrons. The Balaban J connectivity index is 1.47. The summed E-state index contributed by atoms with van der Waals surface area (Å²) in [5.41, 5.74) is 18.8. The van der Waals surface area contributed by atoms with Crippen LogP contribution in [0.3, 0.4) is 0 Å². The van der Waals surface area contributed by atoms with Gasteiger partial charge in [0.15, 0.2) is 0 Å². The quantitative estimate of drug-likeness (QED) is 0.133. The summed E-state index contributed by atoms with van der Waals surface area (Å²) in [6.07, 6.45) is 1.30. The van der Waals surface area contributed by atoms with Gasteiger partial charge in [-0.25, -0.2) is 9.97 Å². The lowest BCUT2D eigenvalue weighted by Gasteiger charge is -2.10. The molecule has 0 saturated heterocycles. The number of benzene rings is 4. The monoisotopic (exact) mass is 814 g/mol. The van der Waals surface area contributed by atoms with Crippen LogP contribution >= 0.6 is 0 Å². The molecule has 0 saturated carbocycles. The highest BCUT2D eigenvalue weighted by Crippen LogP contribution is 2.44. The molecule has 0 atom stereocenters. The molecular weight excluding hydrogens is 769 g/mol. The van der Waals surface area contributed by atoms with Crippen LogP contribution in [0.2, 0.25) is 0 Å². The maximum absolute atomic E-state index is 12.6. The summed E-state index contributed by atoms with van der Waals surface area (Å²) >= 11 is 0. The van der Waals surface area contributed by atoms with Crippen LogP contribution in [0.5, 0.6) is 0 Å². The molecule has 62 heavy (non-hydrogen) atoms. The Labute approximate surface area is 360 Å². The predicted molar refractivity (Wildman–Crippen MR) is 249 cm³/mol. The number of fused-ring (bicyclic) bond motifs is 8. The average Bonchev–Trinajstić information content (AvgIpc) is 4.02. The van der Waals surface area contributed by atoms with Crippen LogP contribution < -0.4 is 0 Å². The van der Waals surface area contributed by atoms with Gasteiger partial charge in [0.25, 0.3) is 0 Å². The molecule has 4 aromatic carbocycles. The van der Waals surface area contributed by atoms with Crippen molar-refractivity contribution in [1.82, 2.24) is 19.9 Å². The molecule has 5 heterocycles. The van der Waals surface area contributed by atoms with Gasteiger partial charge < -0.3 is 19.4 Å². The number of aromatic amines is 2. The van der Waals surface area contributed by atoms with E-state index in [0.29, 0.717) is 12.8 Å². The largest absolute Gasteiger partial charge is 0.469 e. The Kier molecular flexibility index (Phi) is 11.0. The Bertz CT molecular complexity index is 3070. The van der Waals surface area contributed by atoms with Gasteiger partial charge in [0.1, 0.15) is 0 Å². The minimum atomic E-state index is -0.291. The van der Waals surface area contributed by atoms with Crippen LogP contribution in [-0.2, 0) is 25.5 Å². The van der Waals surface area contributed by atoms with Crippen LogP contribution in [-0.4, -0.2) is 46.1 Å². The van der Waals surface area contributed by atoms with Crippen molar-refractivity contribution in [3.63, 3.8) is 0 Å². The lowest BCUT2D eigenvalue weighted by Crippen LogP contribution is -2.02. The maximum atomic E-state index is 12.6. The number of ether oxygens (including phenoxy) is 2. The summed E-state index contributed by atoms with van der Waals surface area (Å²) in [4.78, 5) is 43.7. The minimum absolute atomic E-state index is 0.201. The number of hydrogen-bond donors (Lipinski definition) is 2. The Morgan fingerprint density at radius 2 is 0.887 bits per heavy atom. The van der Waals surface area contributed by atoms with E-state index in [4.69, 9.17) is 19.4 Å². The van der Waals surface area contributed by atoms with E-state index < -0.39 is 0 Å². The van der Waals surface area contributed by atoms with E-state index in [1.54, 1.807) is 0 Å². The number of aryl methyl sites for hydroxylation is 2. The van der Waals surface area contributed by atoms with Crippen LogP contribution in [0.4, 0.5) is 0 Å². The summed E-state index contributed by atoms with van der Waals surface area (Å²) in [6.45, 7) is 4.14. The fourth-order valence-corrected chi connectivity index (χ4v) is 8.74. The maximum Gasteiger partial charge on any atom is 0.305 e. The highest BCUT2D eigenvalue weighted by atomic mass is 16.5. The Hall–Kier alpha value is -7.58. The number of carbonyl (C=O) groups excluding carboxylic acids is 2. The van der Waals surface area contributed by atoms with Gasteiger partial charge in [-0.15, -0.1) is 0 Å². The van der Waals surface area contributed by atoms with E-state index in [2.05, 4.69) is 145 Å². The summed E-state index contributed by atoms with van der Waals surface area (Å²) in [5.74, 6) is -0.579. The number of H-pyrrole nitrogens is 2. The molecule has 0 fully saturated rings. The van der Waals surface area contributed by atoms with E-state index in [-0.39, 0.29) is 24.8 Å². The molecule has 9 rings (SSSR count). The number of aromatic nitrogens is 4. The summed E-state index contributed by atoms with van der Waals surface area (Å²) in [7, 11) is 2.83. The lowest BCUT2D eigenvalue weighted by molar-refractivity contribution is -0.141. The van der Waals surface area contributed by atoms with E-state index in [0.717, 1.165) is 112 Å². The number of carbonyl (C=O) groups is 2. The SMILES string of the molecule is COC(=O)CCC1=C(C)c2cc3[nH]c(cc4nc(cc5[nH]c(cc1n2)c(CCC(=O)OC)c5C)C(c1ccccc1)=C4c1ccccc1)c(-c1ccccc1)c3-c1ccccc1. The van der Waals surface area contributed by atoms with Crippen molar-refractivity contribution in [2.45, 2.75) is 39.5 Å². The molecule has 0 radical (unpaired) electrons. The average molecular weight is 815 g/mol. The number of allylic oxidation sites excluding steroid dienone is 2. The molecular formula is C54H46N4O4. The van der Waals surface area contributed by atoms with Crippen LogP contribution in [0.1, 0.15) is 71.2 Å². The number of esters is 2. The van der Waals surface area contributed by atoms with Crippen molar-refractivity contribution < 1.29 is 19.1 Å². The molecule has 8 heteroatoms. The predicted octanol–water partition coefficient (Wildman–Crippen LogP) is 12.0. The van der Waals surface area contributed by atoms with Gasteiger partial charge in [-0.05, 0) is 95.5 Å². The third-order valence-corrected chi connectivity index (χ3v) is 11.9. The molecule has 0 unspecified atom stereocenters. The standard InChI is InChI=1S/C54H46N4O4/c1-33-39(25-27-49(59)61-3)43-31-44-40(26-28-50(60)62-4)34(2)42(56-44)30-46-52(36-19-11-6-12-20-36)54(38-23-15-8-16-24-38)48(58-46)32-47-53(37-21-13-7-14-22-37)51(35-17-9-5-10-18-35)45(57-47)29-41(33)55-43/h5-24,29-32,55,58H,25-28H2,1-4H3. The molecule has 0 amide bonds. The van der Waals surface area contributed by atoms with Gasteiger partial charge in [0.05, 0.1) is 37.0 Å². The molecule has 3 aromatic heterocycles. The van der Waals surface area contributed by atoms with E-state index in [1.807, 2.05) is 24.3 Å². The number of rotatable bonds is 10. The molecule has 0 spiro atoms. The first-order valence-corrected chi connectivity index (χ1v) is 20.9. The summed E-state index contributed by atoms with van der Waals surface area (Å²) in [6, 6.07) is 50.3. The molecule has 2 N–H and O–H groups in total. The first-order chi connectivity index (χ1) is 30.3. The zero-order valence-corrected chi connectivity index (χ0v) is 35.2. The number of nitrogens with zero attached hydrogens (tertiary/aromatic N) is 2. The van der Waals surface area contributed by atoms with Gasteiger partial charge >= 0.3 is 11.9 Å². The van der Waals surface area contributed by atoms with Crippen molar-refractivity contribution in [2.24, 2.45) is 0 Å². The van der Waals surface area contributed by atoms with Crippen molar-refractivity contribution in [2.75, 3.05) is 14.2 Å². The van der Waals surface area contributed by atoms with Gasteiger partial charge in [0, 0.05) is 57.2 Å². The van der Waals surface area contributed by atoms with Crippen LogP contribution in [0.25, 0.3) is 66.6 Å². The highest BCUT2D eigenvalue weighted by molar-refractivity contribution is 6.08.